The minimum absolute atomic E-state index is 0.0390. The number of hydrogen-bond donors (Lipinski definition) is 2. The molecule has 1 aromatic heterocycles. The molecule has 0 aliphatic heterocycles. The quantitative estimate of drug-likeness (QED) is 0.858. The zero-order valence-electron chi connectivity index (χ0n) is 13.1. The van der Waals surface area contributed by atoms with Crippen LogP contribution in [0.15, 0.2) is 30.5 Å². The van der Waals surface area contributed by atoms with Gasteiger partial charge in [0.2, 0.25) is 5.91 Å². The van der Waals surface area contributed by atoms with Crippen molar-refractivity contribution < 1.29 is 4.79 Å². The number of aromatic amines is 1. The highest BCUT2D eigenvalue weighted by Crippen LogP contribution is 2.19. The number of H-pyrrole nitrogens is 1. The fourth-order valence-electron chi connectivity index (χ4n) is 2.70. The fraction of sp³-hybridized carbons (Fsp3) is 0.471. The summed E-state index contributed by atoms with van der Waals surface area (Å²) in [6.45, 7) is 6.91. The lowest BCUT2D eigenvalue weighted by Gasteiger charge is -2.29. The van der Waals surface area contributed by atoms with E-state index >= 15 is 0 Å². The molecule has 0 saturated heterocycles. The number of aromatic nitrogens is 1. The van der Waals surface area contributed by atoms with Gasteiger partial charge >= 0.3 is 0 Å². The van der Waals surface area contributed by atoms with Crippen molar-refractivity contribution in [2.24, 2.45) is 5.73 Å². The van der Waals surface area contributed by atoms with Crippen LogP contribution >= 0.6 is 0 Å². The molecule has 0 aliphatic carbocycles. The Kier molecular flexibility index (Phi) is 5.02. The van der Waals surface area contributed by atoms with Gasteiger partial charge in [0.25, 0.3) is 0 Å². The van der Waals surface area contributed by atoms with Crippen LogP contribution < -0.4 is 5.73 Å². The van der Waals surface area contributed by atoms with E-state index < -0.39 is 6.04 Å². The summed E-state index contributed by atoms with van der Waals surface area (Å²) >= 11 is 0. The number of rotatable bonds is 6. The molecule has 2 rings (SSSR count). The van der Waals surface area contributed by atoms with Gasteiger partial charge in [0.15, 0.2) is 0 Å². The molecule has 0 fully saturated rings. The first kappa shape index (κ1) is 15.6. The summed E-state index contributed by atoms with van der Waals surface area (Å²) in [5, 5.41) is 1.15. The Hall–Kier alpha value is -1.81. The third-order valence-electron chi connectivity index (χ3n) is 3.80. The van der Waals surface area contributed by atoms with Crippen molar-refractivity contribution in [3.05, 3.63) is 36.0 Å². The lowest BCUT2D eigenvalue weighted by atomic mass is 10.0. The Morgan fingerprint density at radius 1 is 1.33 bits per heavy atom. The second-order valence-electron chi connectivity index (χ2n) is 5.80. The zero-order valence-corrected chi connectivity index (χ0v) is 13.1. The number of hydrogen-bond acceptors (Lipinski definition) is 2. The van der Waals surface area contributed by atoms with E-state index in [4.69, 9.17) is 5.73 Å². The largest absolute Gasteiger partial charge is 0.361 e. The van der Waals surface area contributed by atoms with Crippen molar-refractivity contribution >= 4 is 16.8 Å². The number of nitrogens with two attached hydrogens (primary N) is 1. The van der Waals surface area contributed by atoms with E-state index in [2.05, 4.69) is 18.0 Å². The molecule has 0 bridgehead atoms. The van der Waals surface area contributed by atoms with Gasteiger partial charge in [0.05, 0.1) is 6.04 Å². The average molecular weight is 287 g/mol. The number of nitrogens with zero attached hydrogens (tertiary/aromatic N) is 1. The minimum Gasteiger partial charge on any atom is -0.361 e. The first-order valence-corrected chi connectivity index (χ1v) is 7.65. The molecule has 1 atom stereocenters. The smallest absolute Gasteiger partial charge is 0.240 e. The summed E-state index contributed by atoms with van der Waals surface area (Å²) in [4.78, 5) is 17.6. The van der Waals surface area contributed by atoms with Gasteiger partial charge in [-0.3, -0.25) is 4.79 Å². The normalized spacial score (nSPS) is 12.8. The molecular formula is C17H25N3O. The maximum Gasteiger partial charge on any atom is 0.240 e. The minimum atomic E-state index is -0.488. The van der Waals surface area contributed by atoms with E-state index in [-0.39, 0.29) is 11.9 Å². The molecule has 2 aromatic rings. The van der Waals surface area contributed by atoms with Crippen molar-refractivity contribution in [3.63, 3.8) is 0 Å². The highest BCUT2D eigenvalue weighted by atomic mass is 16.2. The van der Waals surface area contributed by atoms with Crippen molar-refractivity contribution in [2.75, 3.05) is 6.54 Å². The van der Waals surface area contributed by atoms with E-state index in [1.165, 1.54) is 0 Å². The summed E-state index contributed by atoms with van der Waals surface area (Å²) < 4.78 is 0. The summed E-state index contributed by atoms with van der Waals surface area (Å²) in [6.07, 6.45) is 3.47. The van der Waals surface area contributed by atoms with Gasteiger partial charge in [-0.05, 0) is 38.3 Å². The molecule has 1 unspecified atom stereocenters. The number of carbonyl (C=O) groups excluding carboxylic acids is 1. The number of para-hydroxylation sites is 1. The van der Waals surface area contributed by atoms with Gasteiger partial charge in [-0.15, -0.1) is 0 Å². The van der Waals surface area contributed by atoms with Gasteiger partial charge in [-0.1, -0.05) is 25.1 Å². The molecule has 1 heterocycles. The standard InChI is InChI=1S/C17H25N3O/c1-4-9-20(12(2)3)17(21)15(18)10-13-11-19-16-8-6-5-7-14(13)16/h5-8,11-12,15,19H,4,9-10,18H2,1-3H3. The van der Waals surface area contributed by atoms with Crippen molar-refractivity contribution in [2.45, 2.75) is 45.7 Å². The van der Waals surface area contributed by atoms with Crippen LogP contribution in [0.4, 0.5) is 0 Å². The zero-order chi connectivity index (χ0) is 15.4. The SMILES string of the molecule is CCCN(C(=O)C(N)Cc1c[nH]c2ccccc12)C(C)C. The highest BCUT2D eigenvalue weighted by Gasteiger charge is 2.23. The van der Waals surface area contributed by atoms with Crippen LogP contribution in [0.2, 0.25) is 0 Å². The van der Waals surface area contributed by atoms with E-state index in [0.29, 0.717) is 6.42 Å². The summed E-state index contributed by atoms with van der Waals surface area (Å²) in [5.74, 6) is 0.0390. The molecular weight excluding hydrogens is 262 g/mol. The monoisotopic (exact) mass is 287 g/mol. The predicted octanol–water partition coefficient (Wildman–Crippen LogP) is 2.68. The van der Waals surface area contributed by atoms with Gasteiger partial charge in [0.1, 0.15) is 0 Å². The molecule has 4 nitrogen and oxygen atoms in total. The van der Waals surface area contributed by atoms with Crippen LogP contribution in [-0.2, 0) is 11.2 Å². The molecule has 21 heavy (non-hydrogen) atoms. The van der Waals surface area contributed by atoms with Gasteiger partial charge in [-0.25, -0.2) is 0 Å². The number of nitrogens with one attached hydrogen (secondary N) is 1. The lowest BCUT2D eigenvalue weighted by Crippen LogP contribution is -2.48. The number of benzene rings is 1. The Morgan fingerprint density at radius 2 is 2.05 bits per heavy atom. The third-order valence-corrected chi connectivity index (χ3v) is 3.80. The predicted molar refractivity (Wildman–Crippen MR) is 87.1 cm³/mol. The number of carbonyl (C=O) groups is 1. The van der Waals surface area contributed by atoms with E-state index in [0.717, 1.165) is 29.4 Å². The fourth-order valence-corrected chi connectivity index (χ4v) is 2.70. The molecule has 1 amide bonds. The van der Waals surface area contributed by atoms with Crippen molar-refractivity contribution in [1.82, 2.24) is 9.88 Å². The Bertz CT molecular complexity index is 603. The van der Waals surface area contributed by atoms with E-state index in [1.807, 2.05) is 43.1 Å². The lowest BCUT2D eigenvalue weighted by molar-refractivity contribution is -0.134. The third kappa shape index (κ3) is 3.45. The average Bonchev–Trinajstić information content (AvgIpc) is 2.87. The number of fused-ring (bicyclic) bond motifs is 1. The van der Waals surface area contributed by atoms with Crippen LogP contribution in [-0.4, -0.2) is 34.4 Å². The molecule has 0 saturated carbocycles. The Labute approximate surface area is 126 Å². The van der Waals surface area contributed by atoms with Crippen molar-refractivity contribution in [1.29, 1.82) is 0 Å². The van der Waals surface area contributed by atoms with Crippen LogP contribution in [0.5, 0.6) is 0 Å². The molecule has 0 radical (unpaired) electrons. The van der Waals surface area contributed by atoms with Gasteiger partial charge < -0.3 is 15.6 Å². The molecule has 0 aliphatic rings. The highest BCUT2D eigenvalue weighted by molar-refractivity contribution is 5.86. The number of amides is 1. The Balaban J connectivity index is 2.13. The summed E-state index contributed by atoms with van der Waals surface area (Å²) in [6, 6.07) is 7.79. The van der Waals surface area contributed by atoms with Crippen LogP contribution in [0.25, 0.3) is 10.9 Å². The molecule has 1 aromatic carbocycles. The summed E-state index contributed by atoms with van der Waals surface area (Å²) in [5.41, 5.74) is 8.35. The van der Waals surface area contributed by atoms with Gasteiger partial charge in [0, 0.05) is 29.7 Å². The first-order chi connectivity index (χ1) is 10.0. The molecule has 4 heteroatoms. The maximum atomic E-state index is 12.5. The van der Waals surface area contributed by atoms with E-state index in [9.17, 15) is 4.79 Å². The van der Waals surface area contributed by atoms with Crippen molar-refractivity contribution in [3.8, 4) is 0 Å². The second-order valence-corrected chi connectivity index (χ2v) is 5.80. The molecule has 3 N–H and O–H groups in total. The van der Waals surface area contributed by atoms with E-state index in [1.54, 1.807) is 0 Å². The maximum absolute atomic E-state index is 12.5. The van der Waals surface area contributed by atoms with Gasteiger partial charge in [-0.2, -0.15) is 0 Å². The topological polar surface area (TPSA) is 62.1 Å². The second kappa shape index (κ2) is 6.76. The Morgan fingerprint density at radius 3 is 2.71 bits per heavy atom. The molecule has 114 valence electrons. The van der Waals surface area contributed by atoms with Crippen LogP contribution in [0.3, 0.4) is 0 Å². The first-order valence-electron chi connectivity index (χ1n) is 7.65. The van der Waals surface area contributed by atoms with Crippen LogP contribution in [0, 0.1) is 0 Å². The van der Waals surface area contributed by atoms with Crippen LogP contribution in [0.1, 0.15) is 32.8 Å². The molecule has 0 spiro atoms. The summed E-state index contributed by atoms with van der Waals surface area (Å²) in [7, 11) is 0.